The van der Waals surface area contributed by atoms with Gasteiger partial charge in [-0.1, -0.05) is 31.2 Å². The molecule has 0 amide bonds. The van der Waals surface area contributed by atoms with E-state index in [4.69, 9.17) is 0 Å². The molecule has 0 saturated heterocycles. The molecule has 2 atom stereocenters. The molecular formula is C19H23NOS. The molecule has 0 aliphatic carbocycles. The van der Waals surface area contributed by atoms with Crippen LogP contribution >= 0.6 is 11.3 Å². The highest BCUT2D eigenvalue weighted by Gasteiger charge is 2.31. The maximum absolute atomic E-state index is 11.0. The van der Waals surface area contributed by atoms with E-state index in [1.54, 1.807) is 0 Å². The lowest BCUT2D eigenvalue weighted by atomic mass is 9.83. The minimum absolute atomic E-state index is 0.157. The Labute approximate surface area is 136 Å². The van der Waals surface area contributed by atoms with Crippen LogP contribution in [0.25, 0.3) is 20.2 Å². The van der Waals surface area contributed by atoms with Crippen LogP contribution in [0.1, 0.15) is 19.4 Å². The molecule has 1 heterocycles. The lowest BCUT2D eigenvalue weighted by molar-refractivity contribution is -0.00765. The summed E-state index contributed by atoms with van der Waals surface area (Å²) in [7, 11) is 4.09. The van der Waals surface area contributed by atoms with E-state index in [0.29, 0.717) is 0 Å². The molecule has 0 radical (unpaired) electrons. The predicted molar refractivity (Wildman–Crippen MR) is 96.6 cm³/mol. The highest BCUT2D eigenvalue weighted by atomic mass is 32.1. The van der Waals surface area contributed by atoms with Crippen LogP contribution in [0.3, 0.4) is 0 Å². The first kappa shape index (κ1) is 15.5. The summed E-state index contributed by atoms with van der Waals surface area (Å²) in [5.74, 6) is 0.157. The fraction of sp³-hybridized carbons (Fsp3) is 0.368. The van der Waals surface area contributed by atoms with Gasteiger partial charge in [0.05, 0.1) is 5.60 Å². The number of benzene rings is 2. The maximum atomic E-state index is 11.0. The Kier molecular flexibility index (Phi) is 3.98. The average Bonchev–Trinajstić information content (AvgIpc) is 2.84. The Balaban J connectivity index is 2.09. The highest BCUT2D eigenvalue weighted by Crippen LogP contribution is 2.37. The third-order valence-corrected chi connectivity index (χ3v) is 5.71. The van der Waals surface area contributed by atoms with Gasteiger partial charge in [0.1, 0.15) is 0 Å². The van der Waals surface area contributed by atoms with E-state index in [0.717, 1.165) is 12.1 Å². The van der Waals surface area contributed by atoms with Crippen molar-refractivity contribution in [3.05, 3.63) is 48.0 Å². The molecule has 3 aromatic rings. The molecule has 0 aliphatic heterocycles. The van der Waals surface area contributed by atoms with Gasteiger partial charge in [-0.25, -0.2) is 0 Å². The quantitative estimate of drug-likeness (QED) is 0.768. The summed E-state index contributed by atoms with van der Waals surface area (Å²) in [6.45, 7) is 4.89. The molecule has 0 bridgehead atoms. The lowest BCUT2D eigenvalue weighted by Crippen LogP contribution is -2.36. The van der Waals surface area contributed by atoms with Crippen LogP contribution < -0.4 is 0 Å². The van der Waals surface area contributed by atoms with Crippen molar-refractivity contribution in [2.45, 2.75) is 19.4 Å². The average molecular weight is 313 g/mol. The van der Waals surface area contributed by atoms with Gasteiger partial charge in [0, 0.05) is 32.6 Å². The highest BCUT2D eigenvalue weighted by molar-refractivity contribution is 7.25. The smallest absolute Gasteiger partial charge is 0.0906 e. The molecule has 2 aromatic carbocycles. The van der Waals surface area contributed by atoms with Crippen molar-refractivity contribution in [1.29, 1.82) is 0 Å². The van der Waals surface area contributed by atoms with Gasteiger partial charge in [-0.05, 0) is 44.8 Å². The summed E-state index contributed by atoms with van der Waals surface area (Å²) in [5.41, 5.74) is 0.166. The van der Waals surface area contributed by atoms with Gasteiger partial charge in [0.2, 0.25) is 0 Å². The molecule has 22 heavy (non-hydrogen) atoms. The number of aliphatic hydroxyl groups is 1. The fourth-order valence-corrected chi connectivity index (χ4v) is 4.14. The van der Waals surface area contributed by atoms with E-state index < -0.39 is 5.60 Å². The van der Waals surface area contributed by atoms with Gasteiger partial charge in [0.15, 0.2) is 0 Å². The first-order valence-corrected chi connectivity index (χ1v) is 8.50. The molecule has 3 heteroatoms. The number of rotatable bonds is 4. The largest absolute Gasteiger partial charge is 0.385 e. The van der Waals surface area contributed by atoms with E-state index in [2.05, 4.69) is 54.3 Å². The molecule has 0 aliphatic rings. The van der Waals surface area contributed by atoms with Crippen molar-refractivity contribution >= 4 is 31.5 Å². The Morgan fingerprint density at radius 2 is 1.77 bits per heavy atom. The first-order chi connectivity index (χ1) is 10.4. The molecule has 3 rings (SSSR count). The Morgan fingerprint density at radius 1 is 1.09 bits per heavy atom. The third kappa shape index (κ3) is 2.65. The van der Waals surface area contributed by atoms with Gasteiger partial charge in [-0.15, -0.1) is 11.3 Å². The maximum Gasteiger partial charge on any atom is 0.0906 e. The Bertz CT molecular complexity index is 803. The van der Waals surface area contributed by atoms with Crippen molar-refractivity contribution in [2.24, 2.45) is 5.92 Å². The zero-order valence-corrected chi connectivity index (χ0v) is 14.4. The first-order valence-electron chi connectivity index (χ1n) is 7.68. The molecule has 0 spiro atoms. The number of hydrogen-bond acceptors (Lipinski definition) is 3. The molecule has 116 valence electrons. The summed E-state index contributed by atoms with van der Waals surface area (Å²) in [5, 5.41) is 13.6. The monoisotopic (exact) mass is 313 g/mol. The third-order valence-electron chi connectivity index (χ3n) is 4.56. The molecule has 0 fully saturated rings. The van der Waals surface area contributed by atoms with Gasteiger partial charge in [0.25, 0.3) is 0 Å². The molecule has 2 unspecified atom stereocenters. The van der Waals surface area contributed by atoms with Gasteiger partial charge < -0.3 is 10.0 Å². The van der Waals surface area contributed by atoms with Crippen molar-refractivity contribution in [3.63, 3.8) is 0 Å². The number of hydrogen-bond donors (Lipinski definition) is 1. The molecule has 1 N–H and O–H groups in total. The second-order valence-electron chi connectivity index (χ2n) is 6.62. The van der Waals surface area contributed by atoms with Crippen LogP contribution in [-0.2, 0) is 5.60 Å². The van der Waals surface area contributed by atoms with Crippen LogP contribution in [0.2, 0.25) is 0 Å². The molecular weight excluding hydrogens is 290 g/mol. The van der Waals surface area contributed by atoms with Crippen LogP contribution in [0, 0.1) is 5.92 Å². The van der Waals surface area contributed by atoms with Crippen LogP contribution in [0.4, 0.5) is 0 Å². The summed E-state index contributed by atoms with van der Waals surface area (Å²) in [4.78, 5) is 2.12. The summed E-state index contributed by atoms with van der Waals surface area (Å²) in [6.07, 6.45) is 0. The minimum atomic E-state index is -0.832. The van der Waals surface area contributed by atoms with E-state index in [-0.39, 0.29) is 5.92 Å². The summed E-state index contributed by atoms with van der Waals surface area (Å²) < 4.78 is 2.58. The van der Waals surface area contributed by atoms with Gasteiger partial charge in [-0.2, -0.15) is 0 Å². The lowest BCUT2D eigenvalue weighted by Gasteiger charge is -2.32. The topological polar surface area (TPSA) is 23.5 Å². The van der Waals surface area contributed by atoms with Crippen molar-refractivity contribution in [3.8, 4) is 0 Å². The Hall–Kier alpha value is -1.42. The standard InChI is InChI=1S/C19H23NOS/c1-13(12-20(3)4)19(2,21)14-9-10-18-16(11-14)15-7-5-6-8-17(15)22-18/h5-11,13,21H,12H2,1-4H3. The van der Waals surface area contributed by atoms with E-state index in [1.165, 1.54) is 20.2 Å². The normalized spacial score (nSPS) is 16.3. The Morgan fingerprint density at radius 3 is 2.50 bits per heavy atom. The second-order valence-corrected chi connectivity index (χ2v) is 7.70. The van der Waals surface area contributed by atoms with Crippen molar-refractivity contribution in [1.82, 2.24) is 4.90 Å². The van der Waals surface area contributed by atoms with Gasteiger partial charge in [-0.3, -0.25) is 0 Å². The number of nitrogens with zero attached hydrogens (tertiary/aromatic N) is 1. The van der Waals surface area contributed by atoms with Gasteiger partial charge >= 0.3 is 0 Å². The van der Waals surface area contributed by atoms with Crippen LogP contribution in [0.5, 0.6) is 0 Å². The SMILES string of the molecule is CC(CN(C)C)C(C)(O)c1ccc2sc3ccccc3c2c1. The molecule has 0 saturated carbocycles. The minimum Gasteiger partial charge on any atom is -0.385 e. The summed E-state index contributed by atoms with van der Waals surface area (Å²) in [6, 6.07) is 14.9. The van der Waals surface area contributed by atoms with E-state index >= 15 is 0 Å². The second kappa shape index (κ2) is 5.65. The predicted octanol–water partition coefficient (Wildman–Crippen LogP) is 4.46. The number of fused-ring (bicyclic) bond motifs is 3. The van der Waals surface area contributed by atoms with Crippen molar-refractivity contribution in [2.75, 3.05) is 20.6 Å². The van der Waals surface area contributed by atoms with Crippen LogP contribution in [-0.4, -0.2) is 30.6 Å². The van der Waals surface area contributed by atoms with Crippen molar-refractivity contribution < 1.29 is 5.11 Å². The van der Waals surface area contributed by atoms with E-state index in [1.807, 2.05) is 32.4 Å². The summed E-state index contributed by atoms with van der Waals surface area (Å²) >= 11 is 1.81. The zero-order valence-electron chi connectivity index (χ0n) is 13.6. The van der Waals surface area contributed by atoms with Crippen LogP contribution in [0.15, 0.2) is 42.5 Å². The van der Waals surface area contributed by atoms with E-state index in [9.17, 15) is 5.11 Å². The fourth-order valence-electron chi connectivity index (χ4n) is 3.05. The molecule has 2 nitrogen and oxygen atoms in total. The molecule has 1 aromatic heterocycles. The number of thiophene rings is 1. The zero-order chi connectivity index (χ0) is 15.9.